The van der Waals surface area contributed by atoms with Crippen molar-refractivity contribution >= 4 is 11.7 Å². The van der Waals surface area contributed by atoms with E-state index in [1.165, 1.54) is 7.11 Å². The SMILES string of the molecule is COc1cccnc1NC(=O)c1cc(C2CC2)[nH]n1. The molecule has 0 saturated heterocycles. The summed E-state index contributed by atoms with van der Waals surface area (Å²) < 4.78 is 5.13. The Morgan fingerprint density at radius 1 is 1.53 bits per heavy atom. The molecule has 6 nitrogen and oxygen atoms in total. The lowest BCUT2D eigenvalue weighted by molar-refractivity contribution is 0.102. The zero-order valence-corrected chi connectivity index (χ0v) is 10.5. The van der Waals surface area contributed by atoms with E-state index in [-0.39, 0.29) is 5.91 Å². The van der Waals surface area contributed by atoms with E-state index in [1.807, 2.05) is 0 Å². The molecule has 3 rings (SSSR count). The van der Waals surface area contributed by atoms with E-state index in [0.29, 0.717) is 23.2 Å². The van der Waals surface area contributed by atoms with Crippen LogP contribution in [0.15, 0.2) is 24.4 Å². The van der Waals surface area contributed by atoms with Crippen molar-refractivity contribution in [2.24, 2.45) is 0 Å². The summed E-state index contributed by atoms with van der Waals surface area (Å²) in [4.78, 5) is 16.1. The van der Waals surface area contributed by atoms with Crippen LogP contribution in [0.5, 0.6) is 5.75 Å². The largest absolute Gasteiger partial charge is 0.493 e. The van der Waals surface area contributed by atoms with Crippen molar-refractivity contribution < 1.29 is 9.53 Å². The first-order valence-electron chi connectivity index (χ1n) is 6.13. The highest BCUT2D eigenvalue weighted by Gasteiger charge is 2.26. The second-order valence-corrected chi connectivity index (χ2v) is 4.49. The molecular weight excluding hydrogens is 244 g/mol. The molecule has 0 radical (unpaired) electrons. The summed E-state index contributed by atoms with van der Waals surface area (Å²) in [5, 5.41) is 9.62. The monoisotopic (exact) mass is 258 g/mol. The number of ether oxygens (including phenoxy) is 1. The third kappa shape index (κ3) is 2.42. The molecule has 0 bridgehead atoms. The van der Waals surface area contributed by atoms with Crippen LogP contribution < -0.4 is 10.1 Å². The van der Waals surface area contributed by atoms with E-state index in [2.05, 4.69) is 20.5 Å². The number of methoxy groups -OCH3 is 1. The maximum absolute atomic E-state index is 12.0. The highest BCUT2D eigenvalue weighted by atomic mass is 16.5. The van der Waals surface area contributed by atoms with E-state index in [1.54, 1.807) is 24.4 Å². The number of H-pyrrole nitrogens is 1. The van der Waals surface area contributed by atoms with Crippen LogP contribution in [0.4, 0.5) is 5.82 Å². The number of hydrogen-bond acceptors (Lipinski definition) is 4. The van der Waals surface area contributed by atoms with Crippen LogP contribution in [0.3, 0.4) is 0 Å². The van der Waals surface area contributed by atoms with Gasteiger partial charge in [-0.25, -0.2) is 4.98 Å². The van der Waals surface area contributed by atoms with Gasteiger partial charge in [-0.1, -0.05) is 0 Å². The molecule has 0 aromatic carbocycles. The van der Waals surface area contributed by atoms with Gasteiger partial charge in [-0.05, 0) is 31.0 Å². The average Bonchev–Trinajstić information content (AvgIpc) is 3.17. The highest BCUT2D eigenvalue weighted by molar-refractivity contribution is 6.03. The number of aromatic amines is 1. The van der Waals surface area contributed by atoms with Crippen molar-refractivity contribution in [2.45, 2.75) is 18.8 Å². The Balaban J connectivity index is 1.76. The Morgan fingerprint density at radius 3 is 3.11 bits per heavy atom. The predicted molar refractivity (Wildman–Crippen MR) is 69.3 cm³/mol. The zero-order valence-electron chi connectivity index (χ0n) is 10.5. The molecule has 0 atom stereocenters. The minimum absolute atomic E-state index is 0.292. The number of nitrogens with one attached hydrogen (secondary N) is 2. The van der Waals surface area contributed by atoms with Crippen LogP contribution in [-0.2, 0) is 0 Å². The first-order valence-corrected chi connectivity index (χ1v) is 6.13. The molecule has 19 heavy (non-hydrogen) atoms. The number of pyridine rings is 1. The van der Waals surface area contributed by atoms with Crippen molar-refractivity contribution in [2.75, 3.05) is 12.4 Å². The third-order valence-electron chi connectivity index (χ3n) is 3.07. The van der Waals surface area contributed by atoms with E-state index < -0.39 is 0 Å². The minimum atomic E-state index is -0.292. The normalized spacial score (nSPS) is 14.2. The molecule has 2 heterocycles. The molecule has 1 amide bonds. The van der Waals surface area contributed by atoms with Gasteiger partial charge in [0.05, 0.1) is 7.11 Å². The fourth-order valence-electron chi connectivity index (χ4n) is 1.88. The first kappa shape index (κ1) is 11.7. The van der Waals surface area contributed by atoms with Gasteiger partial charge in [0, 0.05) is 17.8 Å². The smallest absolute Gasteiger partial charge is 0.277 e. The molecule has 2 aromatic rings. The lowest BCUT2D eigenvalue weighted by atomic mass is 10.2. The maximum Gasteiger partial charge on any atom is 0.277 e. The summed E-state index contributed by atoms with van der Waals surface area (Å²) in [5.74, 6) is 1.17. The fraction of sp³-hybridized carbons (Fsp3) is 0.308. The summed E-state index contributed by atoms with van der Waals surface area (Å²) in [7, 11) is 1.53. The second-order valence-electron chi connectivity index (χ2n) is 4.49. The van der Waals surface area contributed by atoms with Crippen LogP contribution in [-0.4, -0.2) is 28.2 Å². The number of nitrogens with zero attached hydrogens (tertiary/aromatic N) is 2. The standard InChI is InChI=1S/C13H14N4O2/c1-19-11-3-2-6-14-12(11)15-13(18)10-7-9(16-17-10)8-4-5-8/h2-3,6-8H,4-5H2,1H3,(H,16,17)(H,14,15,18). The molecule has 1 aliphatic carbocycles. The Hall–Kier alpha value is -2.37. The van der Waals surface area contributed by atoms with Crippen LogP contribution in [0, 0.1) is 0 Å². The Bertz CT molecular complexity index is 604. The molecule has 0 spiro atoms. The maximum atomic E-state index is 12.0. The van der Waals surface area contributed by atoms with E-state index in [9.17, 15) is 4.79 Å². The van der Waals surface area contributed by atoms with Gasteiger partial charge < -0.3 is 10.1 Å². The van der Waals surface area contributed by atoms with Crippen LogP contribution in [0.25, 0.3) is 0 Å². The van der Waals surface area contributed by atoms with Crippen molar-refractivity contribution in [3.63, 3.8) is 0 Å². The number of anilines is 1. The number of rotatable bonds is 4. The number of carbonyl (C=O) groups is 1. The van der Waals surface area contributed by atoms with Crippen molar-refractivity contribution in [1.29, 1.82) is 0 Å². The molecule has 0 aliphatic heterocycles. The van der Waals surface area contributed by atoms with Gasteiger partial charge >= 0.3 is 0 Å². The van der Waals surface area contributed by atoms with Gasteiger partial charge in [-0.15, -0.1) is 0 Å². The summed E-state index contributed by atoms with van der Waals surface area (Å²) in [5.41, 5.74) is 1.40. The average molecular weight is 258 g/mol. The van der Waals surface area contributed by atoms with Crippen LogP contribution >= 0.6 is 0 Å². The lowest BCUT2D eigenvalue weighted by Crippen LogP contribution is -2.14. The van der Waals surface area contributed by atoms with Crippen molar-refractivity contribution in [1.82, 2.24) is 15.2 Å². The van der Waals surface area contributed by atoms with Crippen LogP contribution in [0.1, 0.15) is 34.9 Å². The Kier molecular flexibility index (Phi) is 2.91. The Morgan fingerprint density at radius 2 is 2.37 bits per heavy atom. The topological polar surface area (TPSA) is 79.9 Å². The summed E-state index contributed by atoms with van der Waals surface area (Å²) >= 11 is 0. The first-order chi connectivity index (χ1) is 9.28. The zero-order chi connectivity index (χ0) is 13.2. The van der Waals surface area contributed by atoms with Gasteiger partial charge in [0.25, 0.3) is 5.91 Å². The molecule has 2 N–H and O–H groups in total. The molecule has 98 valence electrons. The molecule has 0 unspecified atom stereocenters. The van der Waals surface area contributed by atoms with E-state index >= 15 is 0 Å². The molecule has 6 heteroatoms. The van der Waals surface area contributed by atoms with Gasteiger partial charge in [-0.3, -0.25) is 9.89 Å². The molecule has 1 saturated carbocycles. The molecule has 2 aromatic heterocycles. The van der Waals surface area contributed by atoms with Crippen molar-refractivity contribution in [3.8, 4) is 5.75 Å². The number of carbonyl (C=O) groups excluding carboxylic acids is 1. The quantitative estimate of drug-likeness (QED) is 0.878. The predicted octanol–water partition coefficient (Wildman–Crippen LogP) is 1.94. The molecule has 1 aliphatic rings. The number of amides is 1. The summed E-state index contributed by atoms with van der Waals surface area (Å²) in [6, 6.07) is 5.28. The van der Waals surface area contributed by atoms with Gasteiger partial charge in [0.2, 0.25) is 0 Å². The van der Waals surface area contributed by atoms with Gasteiger partial charge in [0.15, 0.2) is 17.3 Å². The summed E-state index contributed by atoms with van der Waals surface area (Å²) in [6.45, 7) is 0. The van der Waals surface area contributed by atoms with Gasteiger partial charge in [0.1, 0.15) is 0 Å². The minimum Gasteiger partial charge on any atom is -0.493 e. The van der Waals surface area contributed by atoms with E-state index in [4.69, 9.17) is 4.74 Å². The molecule has 1 fully saturated rings. The number of hydrogen-bond donors (Lipinski definition) is 2. The van der Waals surface area contributed by atoms with Crippen LogP contribution in [0.2, 0.25) is 0 Å². The second kappa shape index (κ2) is 4.72. The lowest BCUT2D eigenvalue weighted by Gasteiger charge is -2.06. The number of aromatic nitrogens is 3. The highest BCUT2D eigenvalue weighted by Crippen LogP contribution is 2.39. The van der Waals surface area contributed by atoms with Crippen molar-refractivity contribution in [3.05, 3.63) is 35.8 Å². The third-order valence-corrected chi connectivity index (χ3v) is 3.07. The summed E-state index contributed by atoms with van der Waals surface area (Å²) in [6.07, 6.45) is 3.92. The molecular formula is C13H14N4O2. The Labute approximate surface area is 110 Å². The van der Waals surface area contributed by atoms with E-state index in [0.717, 1.165) is 18.5 Å². The van der Waals surface area contributed by atoms with Gasteiger partial charge in [-0.2, -0.15) is 5.10 Å². The fourth-order valence-corrected chi connectivity index (χ4v) is 1.88.